The Morgan fingerprint density at radius 3 is 2.67 bits per heavy atom. The molecular formula is C13H11BrF4N2O. The first-order chi connectivity index (χ1) is 9.77. The molecule has 1 aliphatic heterocycles. The van der Waals surface area contributed by atoms with E-state index in [2.05, 4.69) is 15.9 Å². The van der Waals surface area contributed by atoms with Crippen LogP contribution in [0.4, 0.5) is 22.4 Å². The van der Waals surface area contributed by atoms with E-state index in [-0.39, 0.29) is 0 Å². The van der Waals surface area contributed by atoms with Gasteiger partial charge in [-0.25, -0.2) is 9.18 Å². The topological polar surface area (TPSA) is 32.3 Å². The molecule has 114 valence electrons. The number of nitrogens with zero attached hydrogens (tertiary/aromatic N) is 1. The second-order valence-electron chi connectivity index (χ2n) is 5.22. The number of halogens is 5. The molecule has 3 rings (SSSR count). The molecule has 1 heterocycles. The van der Waals surface area contributed by atoms with Crippen molar-refractivity contribution in [3.05, 3.63) is 33.5 Å². The summed E-state index contributed by atoms with van der Waals surface area (Å²) in [5, 5.41) is 1.94. The van der Waals surface area contributed by atoms with Gasteiger partial charge in [-0.3, -0.25) is 0 Å². The van der Waals surface area contributed by atoms with Crippen molar-refractivity contribution in [2.24, 2.45) is 0 Å². The van der Waals surface area contributed by atoms with Crippen molar-refractivity contribution >= 4 is 22.0 Å². The average molecular weight is 367 g/mol. The molecule has 2 atom stereocenters. The normalized spacial score (nSPS) is 25.2. The molecule has 1 fully saturated rings. The predicted octanol–water partition coefficient (Wildman–Crippen LogP) is 3.53. The first-order valence-electron chi connectivity index (χ1n) is 6.39. The van der Waals surface area contributed by atoms with E-state index in [1.165, 1.54) is 6.07 Å². The predicted molar refractivity (Wildman–Crippen MR) is 70.2 cm³/mol. The fourth-order valence-electron chi connectivity index (χ4n) is 2.91. The van der Waals surface area contributed by atoms with E-state index in [9.17, 15) is 22.4 Å². The lowest BCUT2D eigenvalue weighted by molar-refractivity contribution is -0.150. The minimum Gasteiger partial charge on any atom is -0.324 e. The summed E-state index contributed by atoms with van der Waals surface area (Å²) in [6.45, 7) is -0.440. The van der Waals surface area contributed by atoms with Crippen molar-refractivity contribution in [3.63, 3.8) is 0 Å². The third-order valence-corrected chi connectivity index (χ3v) is 4.55. The van der Waals surface area contributed by atoms with Crippen molar-refractivity contribution in [3.8, 4) is 0 Å². The maximum Gasteiger partial charge on any atom is 0.410 e. The molecule has 0 saturated carbocycles. The van der Waals surface area contributed by atoms with Crippen LogP contribution in [0.3, 0.4) is 0 Å². The van der Waals surface area contributed by atoms with E-state index in [1.54, 1.807) is 6.07 Å². The highest BCUT2D eigenvalue weighted by Crippen LogP contribution is 2.40. The molecule has 2 amide bonds. The second-order valence-corrected chi connectivity index (χ2v) is 6.07. The standard InChI is InChI=1S/C13H11BrF4N2O/c14-8-3-6-1-2-10(7(6)4-9(8)15)20-5-11(13(16,17)18)19-12(20)21/h3-4,10-11H,1-2,5H2,(H,19,21)/t10-,11+/m1/s1. The summed E-state index contributed by atoms with van der Waals surface area (Å²) in [5.41, 5.74) is 1.45. The van der Waals surface area contributed by atoms with Gasteiger partial charge in [-0.15, -0.1) is 0 Å². The SMILES string of the molecule is O=C1N[C@H](C(F)(F)F)CN1[C@@H]1CCc2cc(Br)c(F)cc21. The number of alkyl halides is 3. The van der Waals surface area contributed by atoms with E-state index in [0.29, 0.717) is 22.9 Å². The summed E-state index contributed by atoms with van der Waals surface area (Å²) in [4.78, 5) is 12.9. The van der Waals surface area contributed by atoms with Gasteiger partial charge in [0.2, 0.25) is 0 Å². The lowest BCUT2D eigenvalue weighted by atomic mass is 10.1. The molecule has 1 N–H and O–H groups in total. The highest BCUT2D eigenvalue weighted by Gasteiger charge is 2.49. The number of amides is 2. The molecule has 3 nitrogen and oxygen atoms in total. The van der Waals surface area contributed by atoms with Crippen LogP contribution in [0.25, 0.3) is 0 Å². The molecule has 0 bridgehead atoms. The summed E-state index contributed by atoms with van der Waals surface area (Å²) in [5.74, 6) is -0.479. The first-order valence-corrected chi connectivity index (χ1v) is 7.18. The summed E-state index contributed by atoms with van der Waals surface area (Å²) in [6.07, 6.45) is -3.36. The van der Waals surface area contributed by atoms with Gasteiger partial charge in [-0.05, 0) is 52.0 Å². The van der Waals surface area contributed by atoms with Crippen LogP contribution in [0.5, 0.6) is 0 Å². The van der Waals surface area contributed by atoms with E-state index in [0.717, 1.165) is 10.5 Å². The number of rotatable bonds is 1. The Bertz CT molecular complexity index is 605. The summed E-state index contributed by atoms with van der Waals surface area (Å²) in [7, 11) is 0. The van der Waals surface area contributed by atoms with Crippen molar-refractivity contribution < 1.29 is 22.4 Å². The van der Waals surface area contributed by atoms with Gasteiger partial charge >= 0.3 is 12.2 Å². The van der Waals surface area contributed by atoms with Crippen molar-refractivity contribution in [2.75, 3.05) is 6.54 Å². The highest BCUT2D eigenvalue weighted by atomic mass is 79.9. The maximum absolute atomic E-state index is 13.7. The summed E-state index contributed by atoms with van der Waals surface area (Å²) >= 11 is 3.08. The highest BCUT2D eigenvalue weighted by molar-refractivity contribution is 9.10. The third kappa shape index (κ3) is 2.49. The molecule has 1 aromatic carbocycles. The largest absolute Gasteiger partial charge is 0.410 e. The number of hydrogen-bond donors (Lipinski definition) is 1. The lowest BCUT2D eigenvalue weighted by Gasteiger charge is -2.24. The van der Waals surface area contributed by atoms with Crippen LogP contribution in [0.2, 0.25) is 0 Å². The van der Waals surface area contributed by atoms with E-state index >= 15 is 0 Å². The minimum atomic E-state index is -4.48. The summed E-state index contributed by atoms with van der Waals surface area (Å²) in [6, 6.07) is -0.201. The van der Waals surface area contributed by atoms with Crippen molar-refractivity contribution in [1.29, 1.82) is 0 Å². The Morgan fingerprint density at radius 2 is 2.05 bits per heavy atom. The average Bonchev–Trinajstić information content (AvgIpc) is 2.93. The monoisotopic (exact) mass is 366 g/mol. The molecule has 8 heteroatoms. The Kier molecular flexibility index (Phi) is 3.38. The van der Waals surface area contributed by atoms with Crippen LogP contribution in [-0.4, -0.2) is 29.7 Å². The van der Waals surface area contributed by atoms with Gasteiger partial charge in [0.05, 0.1) is 17.1 Å². The maximum atomic E-state index is 13.7. The minimum absolute atomic E-state index is 0.320. The van der Waals surface area contributed by atoms with E-state index in [1.807, 2.05) is 5.32 Å². The Labute approximate surface area is 126 Å². The van der Waals surface area contributed by atoms with Gasteiger partial charge in [0.15, 0.2) is 0 Å². The van der Waals surface area contributed by atoms with E-state index < -0.39 is 36.7 Å². The molecule has 1 saturated heterocycles. The van der Waals surface area contributed by atoms with Crippen LogP contribution >= 0.6 is 15.9 Å². The molecule has 0 unspecified atom stereocenters. The number of fused-ring (bicyclic) bond motifs is 1. The number of nitrogens with one attached hydrogen (secondary N) is 1. The van der Waals surface area contributed by atoms with Crippen LogP contribution < -0.4 is 5.32 Å². The number of hydrogen-bond acceptors (Lipinski definition) is 1. The van der Waals surface area contributed by atoms with Crippen LogP contribution in [0.1, 0.15) is 23.6 Å². The van der Waals surface area contributed by atoms with Gasteiger partial charge in [-0.1, -0.05) is 0 Å². The first kappa shape index (κ1) is 14.6. The summed E-state index contributed by atoms with van der Waals surface area (Å²) < 4.78 is 52.1. The fraction of sp³-hybridized carbons (Fsp3) is 0.462. The molecule has 1 aromatic rings. The van der Waals surface area contributed by atoms with Gasteiger partial charge < -0.3 is 10.2 Å². The molecule has 0 aromatic heterocycles. The quantitative estimate of drug-likeness (QED) is 0.757. The Balaban J connectivity index is 1.88. The molecule has 2 aliphatic rings. The molecule has 1 aliphatic carbocycles. The fourth-order valence-corrected chi connectivity index (χ4v) is 3.30. The van der Waals surface area contributed by atoms with Crippen molar-refractivity contribution in [2.45, 2.75) is 31.1 Å². The lowest BCUT2D eigenvalue weighted by Crippen LogP contribution is -2.40. The van der Waals surface area contributed by atoms with Crippen molar-refractivity contribution in [1.82, 2.24) is 10.2 Å². The van der Waals surface area contributed by atoms with Gasteiger partial charge in [-0.2, -0.15) is 13.2 Å². The molecule has 0 radical (unpaired) electrons. The second kappa shape index (κ2) is 4.86. The van der Waals surface area contributed by atoms with Gasteiger partial charge in [0.1, 0.15) is 11.9 Å². The Hall–Kier alpha value is -1.31. The van der Waals surface area contributed by atoms with E-state index in [4.69, 9.17) is 0 Å². The van der Waals surface area contributed by atoms with Gasteiger partial charge in [0.25, 0.3) is 0 Å². The smallest absolute Gasteiger partial charge is 0.324 e. The number of carbonyl (C=O) groups is 1. The zero-order valence-electron chi connectivity index (χ0n) is 10.7. The van der Waals surface area contributed by atoms with Crippen LogP contribution in [0.15, 0.2) is 16.6 Å². The third-order valence-electron chi connectivity index (χ3n) is 3.94. The Morgan fingerprint density at radius 1 is 1.33 bits per heavy atom. The number of urea groups is 1. The van der Waals surface area contributed by atoms with Crippen LogP contribution in [-0.2, 0) is 6.42 Å². The molecule has 0 spiro atoms. The number of aryl methyl sites for hydroxylation is 1. The van der Waals surface area contributed by atoms with Crippen LogP contribution in [0, 0.1) is 5.82 Å². The molecular weight excluding hydrogens is 356 g/mol. The zero-order valence-corrected chi connectivity index (χ0v) is 12.3. The molecule has 21 heavy (non-hydrogen) atoms. The van der Waals surface area contributed by atoms with Gasteiger partial charge in [0, 0.05) is 0 Å². The number of carbonyl (C=O) groups excluding carboxylic acids is 1. The number of benzene rings is 1. The zero-order chi connectivity index (χ0) is 15.4.